The van der Waals surface area contributed by atoms with E-state index < -0.39 is 6.41 Å². The van der Waals surface area contributed by atoms with Gasteiger partial charge < -0.3 is 9.47 Å². The number of hydrogen-bond donors (Lipinski definition) is 1. The van der Waals surface area contributed by atoms with Crippen LogP contribution in [0, 0.1) is 0 Å². The van der Waals surface area contributed by atoms with Crippen LogP contribution < -0.4 is 15.2 Å². The van der Waals surface area contributed by atoms with Gasteiger partial charge in [-0.15, -0.1) is 24.8 Å². The summed E-state index contributed by atoms with van der Waals surface area (Å²) < 4.78 is 10.4. The summed E-state index contributed by atoms with van der Waals surface area (Å²) in [5, 5.41) is 0. The van der Waals surface area contributed by atoms with Crippen LogP contribution in [0.5, 0.6) is 11.5 Å². The van der Waals surface area contributed by atoms with Crippen molar-refractivity contribution in [3.63, 3.8) is 0 Å². The van der Waals surface area contributed by atoms with E-state index in [1.165, 1.54) is 0 Å². The number of carbonyl (C=O) groups excluding carboxylic acids is 1. The van der Waals surface area contributed by atoms with Crippen LogP contribution in [0.25, 0.3) is 0 Å². The highest BCUT2D eigenvalue weighted by Gasteiger charge is 2.22. The van der Waals surface area contributed by atoms with E-state index in [9.17, 15) is 4.79 Å². The summed E-state index contributed by atoms with van der Waals surface area (Å²) in [5.74, 6) is 1.03. The minimum Gasteiger partial charge on any atom is -0.438 e. The number of pyridine rings is 1. The molecule has 5 nitrogen and oxygen atoms in total. The molecule has 2 heterocycles. The summed E-state index contributed by atoms with van der Waals surface area (Å²) in [4.78, 5) is 16.3. The standard InChI is InChI=1S/C14H12N2O3.2ClH/c15-14-18-12-5-4-9(7-13(12)19-14)11(17)8-10-3-1-2-6-16-10;;/h1-7,14H,8,15H2;2*1H. The van der Waals surface area contributed by atoms with Crippen LogP contribution in [0.4, 0.5) is 0 Å². The fraction of sp³-hybridized carbons (Fsp3) is 0.143. The topological polar surface area (TPSA) is 74.4 Å². The van der Waals surface area contributed by atoms with E-state index in [1.54, 1.807) is 24.4 Å². The third-order valence-corrected chi connectivity index (χ3v) is 2.82. The lowest BCUT2D eigenvalue weighted by molar-refractivity contribution is 0.0561. The van der Waals surface area contributed by atoms with Crippen molar-refractivity contribution < 1.29 is 14.3 Å². The molecule has 0 radical (unpaired) electrons. The first-order valence-corrected chi connectivity index (χ1v) is 5.88. The van der Waals surface area contributed by atoms with Crippen molar-refractivity contribution >= 4 is 30.6 Å². The highest BCUT2D eigenvalue weighted by molar-refractivity contribution is 5.97. The molecule has 1 aromatic carbocycles. The van der Waals surface area contributed by atoms with E-state index in [1.807, 2.05) is 18.2 Å². The number of aromatic nitrogens is 1. The van der Waals surface area contributed by atoms with Crippen molar-refractivity contribution in [3.8, 4) is 11.5 Å². The molecule has 2 aromatic rings. The van der Waals surface area contributed by atoms with Crippen molar-refractivity contribution in [1.82, 2.24) is 4.98 Å². The van der Waals surface area contributed by atoms with Crippen LogP contribution in [0.2, 0.25) is 0 Å². The number of carbonyl (C=O) groups is 1. The lowest BCUT2D eigenvalue weighted by atomic mass is 10.1. The molecule has 0 saturated heterocycles. The quantitative estimate of drug-likeness (QED) is 0.875. The van der Waals surface area contributed by atoms with Crippen LogP contribution in [-0.2, 0) is 6.42 Å². The van der Waals surface area contributed by atoms with Gasteiger partial charge >= 0.3 is 0 Å². The highest BCUT2D eigenvalue weighted by Crippen LogP contribution is 2.34. The van der Waals surface area contributed by atoms with Crippen molar-refractivity contribution in [2.75, 3.05) is 0 Å². The van der Waals surface area contributed by atoms with Crippen molar-refractivity contribution in [2.45, 2.75) is 12.8 Å². The number of nitrogens with two attached hydrogens (primary N) is 1. The Kier molecular flexibility index (Phi) is 5.96. The maximum absolute atomic E-state index is 12.1. The number of rotatable bonds is 3. The fourth-order valence-corrected chi connectivity index (χ4v) is 1.91. The Balaban J connectivity index is 0.00000110. The Labute approximate surface area is 134 Å². The molecule has 0 bridgehead atoms. The molecule has 1 aliphatic heterocycles. The summed E-state index contributed by atoms with van der Waals surface area (Å²) in [6, 6.07) is 10.5. The number of halogens is 2. The van der Waals surface area contributed by atoms with Crippen molar-refractivity contribution in [1.29, 1.82) is 0 Å². The zero-order valence-corrected chi connectivity index (χ0v) is 12.5. The summed E-state index contributed by atoms with van der Waals surface area (Å²) in [5.41, 5.74) is 6.79. The highest BCUT2D eigenvalue weighted by atomic mass is 35.5. The SMILES string of the molecule is Cl.Cl.NC1Oc2ccc(C(=O)Cc3ccccn3)cc2O1. The van der Waals surface area contributed by atoms with Gasteiger partial charge in [0, 0.05) is 17.5 Å². The number of benzene rings is 1. The molecule has 1 aromatic heterocycles. The molecule has 2 N–H and O–H groups in total. The van der Waals surface area contributed by atoms with Gasteiger partial charge in [0.25, 0.3) is 6.41 Å². The summed E-state index contributed by atoms with van der Waals surface area (Å²) in [6.45, 7) is 0. The minimum absolute atomic E-state index is 0. The lowest BCUT2D eigenvalue weighted by Gasteiger charge is -2.02. The first-order valence-electron chi connectivity index (χ1n) is 5.88. The van der Waals surface area contributed by atoms with Crippen molar-refractivity contribution in [2.24, 2.45) is 5.73 Å². The number of Topliss-reactive ketones (excluding diaryl/α,β-unsaturated/α-hetero) is 1. The van der Waals surface area contributed by atoms with Crippen LogP contribution in [0.1, 0.15) is 16.1 Å². The maximum Gasteiger partial charge on any atom is 0.300 e. The summed E-state index contributed by atoms with van der Waals surface area (Å²) in [6.07, 6.45) is 1.13. The average molecular weight is 329 g/mol. The van der Waals surface area contributed by atoms with Gasteiger partial charge in [-0.05, 0) is 30.3 Å². The van der Waals surface area contributed by atoms with Crippen molar-refractivity contribution in [3.05, 3.63) is 53.9 Å². The molecule has 0 aliphatic carbocycles. The molecule has 21 heavy (non-hydrogen) atoms. The van der Waals surface area contributed by atoms with Gasteiger partial charge in [0.15, 0.2) is 17.3 Å². The van der Waals surface area contributed by atoms with E-state index in [4.69, 9.17) is 15.2 Å². The molecule has 112 valence electrons. The number of hydrogen-bond acceptors (Lipinski definition) is 5. The maximum atomic E-state index is 12.1. The summed E-state index contributed by atoms with van der Waals surface area (Å²) >= 11 is 0. The normalized spacial score (nSPS) is 14.8. The monoisotopic (exact) mass is 328 g/mol. The Hall–Kier alpha value is -1.82. The fourth-order valence-electron chi connectivity index (χ4n) is 1.91. The molecule has 1 aliphatic rings. The molecular formula is C14H14Cl2N2O3. The number of ketones is 1. The van der Waals surface area contributed by atoms with E-state index in [0.29, 0.717) is 17.1 Å². The minimum atomic E-state index is -0.795. The van der Waals surface area contributed by atoms with Crippen LogP contribution in [0.15, 0.2) is 42.6 Å². The Morgan fingerprint density at radius 1 is 1.14 bits per heavy atom. The molecule has 0 fully saturated rings. The summed E-state index contributed by atoms with van der Waals surface area (Å²) in [7, 11) is 0. The van der Waals surface area contributed by atoms with Gasteiger partial charge in [-0.2, -0.15) is 0 Å². The van der Waals surface area contributed by atoms with Crippen LogP contribution >= 0.6 is 24.8 Å². The smallest absolute Gasteiger partial charge is 0.300 e. The third-order valence-electron chi connectivity index (χ3n) is 2.82. The molecule has 0 amide bonds. The second kappa shape index (κ2) is 7.26. The molecule has 7 heteroatoms. The van der Waals surface area contributed by atoms with E-state index in [2.05, 4.69) is 4.98 Å². The number of ether oxygens (including phenoxy) is 2. The molecule has 1 atom stereocenters. The first-order chi connectivity index (χ1) is 9.22. The number of nitrogens with zero attached hydrogens (tertiary/aromatic N) is 1. The molecule has 0 saturated carbocycles. The van der Waals surface area contributed by atoms with Gasteiger partial charge in [-0.25, -0.2) is 0 Å². The first kappa shape index (κ1) is 17.2. The lowest BCUT2D eigenvalue weighted by Crippen LogP contribution is -2.28. The van der Waals surface area contributed by atoms with Gasteiger partial charge in [-0.3, -0.25) is 15.5 Å². The Morgan fingerprint density at radius 3 is 2.62 bits per heavy atom. The van der Waals surface area contributed by atoms with Gasteiger partial charge in [0.05, 0.1) is 6.42 Å². The Bertz CT molecular complexity index is 623. The van der Waals surface area contributed by atoms with E-state index in [-0.39, 0.29) is 37.0 Å². The second-order valence-corrected chi connectivity index (χ2v) is 4.19. The molecular weight excluding hydrogens is 315 g/mol. The predicted octanol–water partition coefficient (Wildman–Crippen LogP) is 2.36. The molecule has 0 spiro atoms. The number of fused-ring (bicyclic) bond motifs is 1. The third kappa shape index (κ3) is 3.85. The zero-order chi connectivity index (χ0) is 13.2. The Morgan fingerprint density at radius 2 is 1.90 bits per heavy atom. The largest absolute Gasteiger partial charge is 0.438 e. The van der Waals surface area contributed by atoms with Crippen LogP contribution in [-0.4, -0.2) is 17.2 Å². The van der Waals surface area contributed by atoms with Gasteiger partial charge in [-0.1, -0.05) is 6.07 Å². The average Bonchev–Trinajstić information content (AvgIpc) is 2.78. The van der Waals surface area contributed by atoms with E-state index >= 15 is 0 Å². The zero-order valence-electron chi connectivity index (χ0n) is 10.9. The predicted molar refractivity (Wildman–Crippen MR) is 82.4 cm³/mol. The van der Waals surface area contributed by atoms with Gasteiger partial charge in [0.2, 0.25) is 0 Å². The molecule has 1 unspecified atom stereocenters. The van der Waals surface area contributed by atoms with Gasteiger partial charge in [0.1, 0.15) is 0 Å². The van der Waals surface area contributed by atoms with Crippen LogP contribution in [0.3, 0.4) is 0 Å². The second-order valence-electron chi connectivity index (χ2n) is 4.19. The molecule has 3 rings (SSSR count). The van der Waals surface area contributed by atoms with E-state index in [0.717, 1.165) is 5.69 Å².